The van der Waals surface area contributed by atoms with E-state index in [4.69, 9.17) is 4.74 Å². The third kappa shape index (κ3) is 9.20. The number of nitrogens with zero attached hydrogens (tertiary/aromatic N) is 2. The summed E-state index contributed by atoms with van der Waals surface area (Å²) in [5.41, 5.74) is 1.70. The molecule has 2 rings (SSSR count). The number of rotatable bonds is 8. The minimum absolute atomic E-state index is 0. The van der Waals surface area contributed by atoms with Gasteiger partial charge in [-0.05, 0) is 24.6 Å². The number of benzene rings is 1. The molecule has 0 saturated heterocycles. The van der Waals surface area contributed by atoms with Crippen molar-refractivity contribution in [3.05, 3.63) is 53.7 Å². The standard InChI is InChI=1S/C19H23F3N4O2.HI/c1-3-27-16-7-5-4-6-15(16)12-26-18(23-2)25-11-14-8-9-24-17(10-14)28-13-19(20,21)22;/h4-10H,3,11-13H2,1-2H3,(H2,23,25,26);1H. The Hall–Kier alpha value is -2.24. The quantitative estimate of drug-likeness (QED) is 0.312. The fourth-order valence-corrected chi connectivity index (χ4v) is 2.33. The second-order valence-corrected chi connectivity index (χ2v) is 5.73. The monoisotopic (exact) mass is 524 g/mol. The van der Waals surface area contributed by atoms with Gasteiger partial charge in [0.05, 0.1) is 6.61 Å². The number of pyridine rings is 1. The largest absolute Gasteiger partial charge is 0.494 e. The summed E-state index contributed by atoms with van der Waals surface area (Å²) in [4.78, 5) is 7.93. The molecule has 29 heavy (non-hydrogen) atoms. The summed E-state index contributed by atoms with van der Waals surface area (Å²) in [5, 5.41) is 6.28. The van der Waals surface area contributed by atoms with Crippen molar-refractivity contribution >= 4 is 29.9 Å². The van der Waals surface area contributed by atoms with E-state index >= 15 is 0 Å². The zero-order valence-corrected chi connectivity index (χ0v) is 18.5. The fourth-order valence-electron chi connectivity index (χ4n) is 2.33. The third-order valence-corrected chi connectivity index (χ3v) is 3.59. The van der Waals surface area contributed by atoms with E-state index in [0.717, 1.165) is 11.3 Å². The lowest BCUT2D eigenvalue weighted by atomic mass is 10.2. The number of hydrogen-bond donors (Lipinski definition) is 2. The van der Waals surface area contributed by atoms with Crippen LogP contribution < -0.4 is 20.1 Å². The number of para-hydroxylation sites is 1. The molecule has 0 aliphatic heterocycles. The molecule has 2 N–H and O–H groups in total. The van der Waals surface area contributed by atoms with Gasteiger partial charge >= 0.3 is 6.18 Å². The van der Waals surface area contributed by atoms with Gasteiger partial charge in [0, 0.05) is 38.0 Å². The molecule has 0 aliphatic rings. The first kappa shape index (κ1) is 24.8. The second-order valence-electron chi connectivity index (χ2n) is 5.73. The highest BCUT2D eigenvalue weighted by Crippen LogP contribution is 2.18. The van der Waals surface area contributed by atoms with Gasteiger partial charge in [-0.2, -0.15) is 13.2 Å². The number of aliphatic imine (C=N–C) groups is 1. The molecular formula is C19H24F3IN4O2. The van der Waals surface area contributed by atoms with Crippen LogP contribution in [0.1, 0.15) is 18.1 Å². The Morgan fingerprint density at radius 2 is 1.83 bits per heavy atom. The summed E-state index contributed by atoms with van der Waals surface area (Å²) < 4.78 is 47.0. The number of hydrogen-bond acceptors (Lipinski definition) is 4. The lowest BCUT2D eigenvalue weighted by Gasteiger charge is -2.14. The summed E-state index contributed by atoms with van der Waals surface area (Å²) in [6.07, 6.45) is -3.00. The Bertz CT molecular complexity index is 788. The van der Waals surface area contributed by atoms with Crippen LogP contribution in [0.5, 0.6) is 11.6 Å². The molecule has 1 aromatic carbocycles. The lowest BCUT2D eigenvalue weighted by molar-refractivity contribution is -0.154. The lowest BCUT2D eigenvalue weighted by Crippen LogP contribution is -2.36. The number of halogens is 4. The van der Waals surface area contributed by atoms with E-state index in [1.807, 2.05) is 31.2 Å². The predicted molar refractivity (Wildman–Crippen MR) is 116 cm³/mol. The Balaban J connectivity index is 0.00000420. The van der Waals surface area contributed by atoms with Gasteiger partial charge in [0.1, 0.15) is 5.75 Å². The van der Waals surface area contributed by atoms with Gasteiger partial charge in [-0.3, -0.25) is 4.99 Å². The Morgan fingerprint density at radius 1 is 1.10 bits per heavy atom. The molecule has 160 valence electrons. The average molecular weight is 524 g/mol. The number of ether oxygens (including phenoxy) is 2. The molecule has 0 radical (unpaired) electrons. The highest BCUT2D eigenvalue weighted by Gasteiger charge is 2.28. The van der Waals surface area contributed by atoms with Crippen molar-refractivity contribution in [1.29, 1.82) is 0 Å². The van der Waals surface area contributed by atoms with Crippen molar-refractivity contribution in [1.82, 2.24) is 15.6 Å². The molecule has 0 bridgehead atoms. The zero-order valence-electron chi connectivity index (χ0n) is 16.1. The van der Waals surface area contributed by atoms with Gasteiger partial charge in [0.15, 0.2) is 12.6 Å². The van der Waals surface area contributed by atoms with Crippen LogP contribution >= 0.6 is 24.0 Å². The first-order valence-electron chi connectivity index (χ1n) is 8.71. The van der Waals surface area contributed by atoms with Crippen molar-refractivity contribution in [3.8, 4) is 11.6 Å². The van der Waals surface area contributed by atoms with E-state index in [1.165, 1.54) is 12.3 Å². The number of guanidine groups is 1. The summed E-state index contributed by atoms with van der Waals surface area (Å²) in [6.45, 7) is 1.97. The normalized spacial score (nSPS) is 11.4. The van der Waals surface area contributed by atoms with Gasteiger partial charge in [-0.1, -0.05) is 18.2 Å². The van der Waals surface area contributed by atoms with Crippen molar-refractivity contribution in [3.63, 3.8) is 0 Å². The predicted octanol–water partition coefficient (Wildman–Crippen LogP) is 3.90. The summed E-state index contributed by atoms with van der Waals surface area (Å²) >= 11 is 0. The van der Waals surface area contributed by atoms with Crippen LogP contribution in [0, 0.1) is 0 Å². The molecule has 0 saturated carbocycles. The molecule has 1 aromatic heterocycles. The molecule has 0 fully saturated rings. The van der Waals surface area contributed by atoms with Crippen LogP contribution in [-0.2, 0) is 13.1 Å². The highest BCUT2D eigenvalue weighted by atomic mass is 127. The van der Waals surface area contributed by atoms with E-state index in [9.17, 15) is 13.2 Å². The minimum atomic E-state index is -4.40. The van der Waals surface area contributed by atoms with Crippen molar-refractivity contribution in [2.45, 2.75) is 26.2 Å². The molecule has 2 aromatic rings. The van der Waals surface area contributed by atoms with Crippen LogP contribution in [0.2, 0.25) is 0 Å². The Labute approximate surface area is 184 Å². The Kier molecular flexibility index (Phi) is 10.6. The summed E-state index contributed by atoms with van der Waals surface area (Å²) in [6, 6.07) is 10.8. The van der Waals surface area contributed by atoms with Gasteiger partial charge in [0.2, 0.25) is 5.88 Å². The summed E-state index contributed by atoms with van der Waals surface area (Å²) in [5.74, 6) is 1.26. The minimum Gasteiger partial charge on any atom is -0.494 e. The first-order chi connectivity index (χ1) is 13.4. The average Bonchev–Trinajstić information content (AvgIpc) is 2.68. The summed E-state index contributed by atoms with van der Waals surface area (Å²) in [7, 11) is 1.63. The van der Waals surface area contributed by atoms with Crippen LogP contribution in [0.3, 0.4) is 0 Å². The zero-order chi connectivity index (χ0) is 20.4. The second kappa shape index (κ2) is 12.3. The molecule has 10 heteroatoms. The van der Waals surface area contributed by atoms with Crippen LogP contribution in [0.25, 0.3) is 0 Å². The Morgan fingerprint density at radius 3 is 2.52 bits per heavy atom. The maximum Gasteiger partial charge on any atom is 0.422 e. The number of alkyl halides is 3. The third-order valence-electron chi connectivity index (χ3n) is 3.59. The molecule has 6 nitrogen and oxygen atoms in total. The molecule has 0 unspecified atom stereocenters. The highest BCUT2D eigenvalue weighted by molar-refractivity contribution is 14.0. The van der Waals surface area contributed by atoms with Gasteiger partial charge in [-0.25, -0.2) is 4.98 Å². The van der Waals surface area contributed by atoms with Crippen molar-refractivity contribution in [2.24, 2.45) is 4.99 Å². The van der Waals surface area contributed by atoms with E-state index in [0.29, 0.717) is 31.2 Å². The van der Waals surface area contributed by atoms with Gasteiger partial charge in [0.25, 0.3) is 0 Å². The van der Waals surface area contributed by atoms with Crippen molar-refractivity contribution < 1.29 is 22.6 Å². The molecule has 0 atom stereocenters. The smallest absolute Gasteiger partial charge is 0.422 e. The molecule has 0 spiro atoms. The van der Waals surface area contributed by atoms with E-state index in [-0.39, 0.29) is 29.9 Å². The van der Waals surface area contributed by atoms with Crippen molar-refractivity contribution in [2.75, 3.05) is 20.3 Å². The fraction of sp³-hybridized carbons (Fsp3) is 0.368. The van der Waals surface area contributed by atoms with E-state index in [1.54, 1.807) is 13.1 Å². The van der Waals surface area contributed by atoms with Gasteiger partial charge < -0.3 is 20.1 Å². The van der Waals surface area contributed by atoms with Crippen LogP contribution in [0.4, 0.5) is 13.2 Å². The van der Waals surface area contributed by atoms with Crippen LogP contribution in [-0.4, -0.2) is 37.4 Å². The molecule has 0 aliphatic carbocycles. The first-order valence-corrected chi connectivity index (χ1v) is 8.71. The maximum atomic E-state index is 12.2. The number of aromatic nitrogens is 1. The molecule has 0 amide bonds. The molecule has 1 heterocycles. The van der Waals surface area contributed by atoms with E-state index in [2.05, 4.69) is 25.3 Å². The van der Waals surface area contributed by atoms with Crippen LogP contribution in [0.15, 0.2) is 47.6 Å². The maximum absolute atomic E-state index is 12.2. The topological polar surface area (TPSA) is 67.8 Å². The van der Waals surface area contributed by atoms with Gasteiger partial charge in [-0.15, -0.1) is 24.0 Å². The van der Waals surface area contributed by atoms with E-state index < -0.39 is 12.8 Å². The number of nitrogens with one attached hydrogen (secondary N) is 2. The molecular weight excluding hydrogens is 500 g/mol. The SMILES string of the molecule is CCOc1ccccc1CNC(=NC)NCc1ccnc(OCC(F)(F)F)c1.I.